The van der Waals surface area contributed by atoms with Gasteiger partial charge in [0, 0.05) is 75.8 Å². The van der Waals surface area contributed by atoms with E-state index < -0.39 is 276 Å². The Hall–Kier alpha value is -11.7. The number of hydrogen-bond donors (Lipinski definition) is 20. The van der Waals surface area contributed by atoms with Crippen LogP contribution < -0.4 is 74.9 Å². The monoisotopic (exact) mass is 1830 g/mol. The van der Waals surface area contributed by atoms with Crippen LogP contribution in [0.2, 0.25) is 0 Å². The first-order chi connectivity index (χ1) is 60.5. The Balaban J connectivity index is 1.09. The van der Waals surface area contributed by atoms with Crippen molar-refractivity contribution in [3.63, 3.8) is 0 Å². The van der Waals surface area contributed by atoms with Gasteiger partial charge in [0.2, 0.25) is 100 Å². The Morgan fingerprint density at radius 3 is 1.55 bits per heavy atom. The number of aliphatic carboxylic acids is 1. The molecular formula is C89H136N18O23. The van der Waals surface area contributed by atoms with Crippen molar-refractivity contribution in [3.8, 4) is 0 Å². The number of nitrogens with one attached hydrogen (secondary N) is 14. The van der Waals surface area contributed by atoms with E-state index in [0.717, 1.165) is 33.2 Å². The highest BCUT2D eigenvalue weighted by Crippen LogP contribution is 2.29. The zero-order valence-electron chi connectivity index (χ0n) is 77.6. The van der Waals surface area contributed by atoms with Crippen molar-refractivity contribution in [3.05, 3.63) is 71.9 Å². The normalized spacial score (nSPS) is 19.3. The second kappa shape index (κ2) is 46.2. The summed E-state index contributed by atoms with van der Waals surface area (Å²) in [5, 5.41) is 87.7. The number of fused-ring (bicyclic) bond motifs is 1. The summed E-state index contributed by atoms with van der Waals surface area (Å²) in [6, 6.07) is 1.25. The minimum absolute atomic E-state index is 0.0158. The molecule has 130 heavy (non-hydrogen) atoms. The second-order valence-electron chi connectivity index (χ2n) is 37.4. The molecule has 3 aliphatic heterocycles. The molecule has 3 aliphatic rings. The lowest BCUT2D eigenvalue weighted by molar-refractivity contribution is -0.148. The first-order valence-electron chi connectivity index (χ1n) is 44.2. The fourth-order valence-electron chi connectivity index (χ4n) is 15.8. The molecule has 0 radical (unpaired) electrons. The van der Waals surface area contributed by atoms with Crippen LogP contribution in [0.1, 0.15) is 206 Å². The number of carbonyl (C=O) groups excluding carboxylic acids is 17. The van der Waals surface area contributed by atoms with Gasteiger partial charge in [-0.05, 0) is 149 Å². The molecule has 3 saturated heterocycles. The zero-order chi connectivity index (χ0) is 97.7. The number of hydrogen-bond acceptors (Lipinski definition) is 22. The third-order valence-corrected chi connectivity index (χ3v) is 23.7. The molecule has 17 amide bonds. The number of nitrogens with zero attached hydrogens (tertiary/aromatic N) is 3. The lowest BCUT2D eigenvalue weighted by Gasteiger charge is -2.37. The number of carboxylic acid groups (broad SMARTS) is 1. The smallest absolute Gasteiger partial charge is 0.303 e. The highest BCUT2D eigenvalue weighted by Gasteiger charge is 2.51. The molecule has 0 bridgehead atoms. The molecule has 3 fully saturated rings. The van der Waals surface area contributed by atoms with Gasteiger partial charge in [0.15, 0.2) is 0 Å². The van der Waals surface area contributed by atoms with Gasteiger partial charge in [-0.2, -0.15) is 0 Å². The molecule has 1 aromatic heterocycles. The van der Waals surface area contributed by atoms with E-state index in [1.807, 2.05) is 48.5 Å². The quantitative estimate of drug-likeness (QED) is 0.0288. The number of H-pyrrole nitrogens is 1. The maximum Gasteiger partial charge on any atom is 0.303 e. The molecule has 4 heterocycles. The number of aliphatic hydroxyl groups excluding tert-OH is 4. The van der Waals surface area contributed by atoms with Crippen LogP contribution in [-0.2, 0) is 99.1 Å². The van der Waals surface area contributed by atoms with Gasteiger partial charge in [-0.1, -0.05) is 103 Å². The minimum atomic E-state index is -1.98. The van der Waals surface area contributed by atoms with Crippen LogP contribution in [0.15, 0.2) is 60.8 Å². The number of nitrogens with two attached hydrogens (primary N) is 1. The highest BCUT2D eigenvalue weighted by atomic mass is 16.4. The van der Waals surface area contributed by atoms with Gasteiger partial charge in [-0.15, -0.1) is 0 Å². The number of aromatic nitrogens is 1. The number of carbonyl (C=O) groups is 18. The third-order valence-electron chi connectivity index (χ3n) is 23.7. The Morgan fingerprint density at radius 1 is 0.508 bits per heavy atom. The van der Waals surface area contributed by atoms with Gasteiger partial charge < -0.3 is 120 Å². The number of aromatic amines is 1. The number of carboxylic acids is 1. The van der Waals surface area contributed by atoms with Crippen molar-refractivity contribution < 1.29 is 112 Å². The lowest BCUT2D eigenvalue weighted by atomic mass is 9.92. The Bertz CT molecular complexity index is 4610. The number of rotatable bonds is 46. The van der Waals surface area contributed by atoms with Gasteiger partial charge in [0.1, 0.15) is 88.1 Å². The first kappa shape index (κ1) is 107. The average Bonchev–Trinajstić information content (AvgIpc) is 1.62. The predicted molar refractivity (Wildman–Crippen MR) is 474 cm³/mol. The summed E-state index contributed by atoms with van der Waals surface area (Å²) in [5.41, 5.74) is -1.63. The van der Waals surface area contributed by atoms with Gasteiger partial charge in [-0.3, -0.25) is 86.3 Å². The predicted octanol–water partition coefficient (Wildman–Crippen LogP) is -2.12. The van der Waals surface area contributed by atoms with E-state index in [4.69, 9.17) is 5.73 Å². The van der Waals surface area contributed by atoms with E-state index in [1.165, 1.54) is 81.1 Å². The van der Waals surface area contributed by atoms with Crippen LogP contribution in [0, 0.1) is 17.8 Å². The topological polar surface area (TPSA) is 616 Å². The second-order valence-corrected chi connectivity index (χ2v) is 37.4. The van der Waals surface area contributed by atoms with Crippen molar-refractivity contribution in [2.45, 2.75) is 321 Å². The number of likely N-dealkylation sites (tertiary alicyclic amines) is 3. The maximum atomic E-state index is 14.8. The Kier molecular flexibility index (Phi) is 38.0. The van der Waals surface area contributed by atoms with Crippen LogP contribution in [-0.4, -0.2) is 290 Å². The molecule has 3 aromatic rings. The molecule has 6 rings (SSSR count). The molecular weight excluding hydrogens is 1690 g/mol. The van der Waals surface area contributed by atoms with Gasteiger partial charge in [0.25, 0.3) is 0 Å². The van der Waals surface area contributed by atoms with Gasteiger partial charge in [0.05, 0.1) is 31.0 Å². The Labute approximate surface area is 756 Å². The van der Waals surface area contributed by atoms with Crippen molar-refractivity contribution in [1.82, 2.24) is 88.8 Å². The van der Waals surface area contributed by atoms with Crippen LogP contribution in [0.4, 0.5) is 0 Å². The lowest BCUT2D eigenvalue weighted by Crippen LogP contribution is -2.66. The van der Waals surface area contributed by atoms with Crippen molar-refractivity contribution >= 4 is 117 Å². The standard InChI is InChI=1S/C89H136N18O23/c1-19-48(7)68(99-81(127)89(18,20-2)104-72(118)59(33-35-66(114)115)95-77(123)67(47(5)6)97-70(116)61(92-50(9)110)39-52-42-91-57-30-25-24-29-56(52)57)78(124)98-69(49(8)109)79(125)103-85(10,11)80(126)96-60(37-46(3)4)73(119)101-88(16,17)83(129)106-43-54(111)40-63(106)75(121)94-58(32-34-65(90)113)71(117)100-87(14,15)84(130)107-44-55(112)41-64(107)76(122)102-86(12,13)82(128)105-36-26-31-62(105)74(120)93-53(45-108)38-51-27-22-21-23-28-51/h21-25,27-30,42,46-49,53-55,58-64,67-69,91,108-109,111-112H,19-20,26,31-41,43-45H2,1-18H3,(H2,90,113)(H,92,110)(H,93,120)(H,94,121)(H,95,123)(H,96,126)(H,97,116)(H,98,124)(H,99,127)(H,100,117)(H,101,119)(H,102,122)(H,103,125)(H,104,118)(H,114,115). The van der Waals surface area contributed by atoms with Crippen LogP contribution >= 0.6 is 0 Å². The van der Waals surface area contributed by atoms with Crippen molar-refractivity contribution in [2.75, 3.05) is 26.2 Å². The summed E-state index contributed by atoms with van der Waals surface area (Å²) in [5.74, 6) is -18.1. The first-order valence-corrected chi connectivity index (χ1v) is 44.2. The molecule has 2 aromatic carbocycles. The van der Waals surface area contributed by atoms with Crippen LogP contribution in [0.5, 0.6) is 0 Å². The summed E-state index contributed by atoms with van der Waals surface area (Å²) in [6.45, 7) is 24.5. The molecule has 41 nitrogen and oxygen atoms in total. The number of β-amino-alcohol motifs (C(OH)–C–C–N with tert-alkyl or cyclic N) is 2. The molecule has 720 valence electrons. The highest BCUT2D eigenvalue weighted by molar-refractivity contribution is 6.04. The molecule has 21 N–H and O–H groups in total. The Morgan fingerprint density at radius 2 is 1.02 bits per heavy atom. The van der Waals surface area contributed by atoms with Gasteiger partial charge in [-0.25, -0.2) is 0 Å². The van der Waals surface area contributed by atoms with Crippen LogP contribution in [0.3, 0.4) is 0 Å². The zero-order valence-corrected chi connectivity index (χ0v) is 77.6. The van der Waals surface area contributed by atoms with Crippen LogP contribution in [0.25, 0.3) is 10.9 Å². The fraction of sp³-hybridized carbons (Fsp3) is 0.640. The molecule has 0 aliphatic carbocycles. The fourth-order valence-corrected chi connectivity index (χ4v) is 15.8. The SMILES string of the molecule is CCC(C)C(NC(=O)C(C)(CC)NC(=O)C(CCC(=O)O)NC(=O)C(NC(=O)C(Cc1c[nH]c2ccccc12)NC(C)=O)C(C)C)C(=O)NC(C(=O)NC(C)(C)C(=O)NC(CC(C)C)C(=O)NC(C)(C)C(=O)N1CC(O)CC1C(=O)NC(CCC(N)=O)C(=O)NC(C)(C)C(=O)N1CC(O)CC1C(=O)NC(C)(C)C(=O)N1CCCC1C(=O)NC(CO)Cc1ccccc1)C(C)O. The number of primary amides is 1. The molecule has 16 atom stereocenters. The largest absolute Gasteiger partial charge is 0.481 e. The number of para-hydroxylation sites is 1. The summed E-state index contributed by atoms with van der Waals surface area (Å²) in [7, 11) is 0. The van der Waals surface area contributed by atoms with Gasteiger partial charge >= 0.3 is 5.97 Å². The van der Waals surface area contributed by atoms with E-state index in [-0.39, 0.29) is 51.2 Å². The average molecular weight is 1830 g/mol. The maximum absolute atomic E-state index is 14.8. The summed E-state index contributed by atoms with van der Waals surface area (Å²) in [6.07, 6.45) is -4.40. The summed E-state index contributed by atoms with van der Waals surface area (Å²) in [4.78, 5) is 259. The minimum Gasteiger partial charge on any atom is -0.481 e. The molecule has 0 spiro atoms. The molecule has 41 heteroatoms. The summed E-state index contributed by atoms with van der Waals surface area (Å²) >= 11 is 0. The van der Waals surface area contributed by atoms with Crippen molar-refractivity contribution in [2.24, 2.45) is 23.5 Å². The van der Waals surface area contributed by atoms with E-state index in [1.54, 1.807) is 53.8 Å². The third kappa shape index (κ3) is 29.1. The van der Waals surface area contributed by atoms with Crippen molar-refractivity contribution in [1.29, 1.82) is 0 Å². The molecule has 16 unspecified atom stereocenters. The van der Waals surface area contributed by atoms with E-state index in [0.29, 0.717) is 24.8 Å². The number of benzene rings is 2. The number of aliphatic hydroxyl groups is 4. The van der Waals surface area contributed by atoms with E-state index >= 15 is 0 Å². The van der Waals surface area contributed by atoms with E-state index in [2.05, 4.69) is 74.1 Å². The number of amides is 17. The summed E-state index contributed by atoms with van der Waals surface area (Å²) < 4.78 is 0. The van der Waals surface area contributed by atoms with E-state index in [9.17, 15) is 112 Å². The molecule has 0 saturated carbocycles.